The maximum Gasteiger partial charge on any atom is 0.407 e. The minimum absolute atomic E-state index is 0.160. The topological polar surface area (TPSA) is 133 Å². The van der Waals surface area contributed by atoms with Crippen molar-refractivity contribution in [3.8, 4) is 11.3 Å². The Bertz CT molecular complexity index is 1040. The summed E-state index contributed by atoms with van der Waals surface area (Å²) in [7, 11) is 0. The summed E-state index contributed by atoms with van der Waals surface area (Å²) in [6.07, 6.45) is 3.72. The van der Waals surface area contributed by atoms with Gasteiger partial charge in [-0.25, -0.2) is 9.78 Å². The van der Waals surface area contributed by atoms with Crippen LogP contribution in [0, 0.1) is 5.41 Å². The van der Waals surface area contributed by atoms with Gasteiger partial charge in [0.1, 0.15) is 5.82 Å². The van der Waals surface area contributed by atoms with Crippen molar-refractivity contribution < 1.29 is 9.90 Å². The van der Waals surface area contributed by atoms with Gasteiger partial charge in [-0.05, 0) is 42.9 Å². The zero-order chi connectivity index (χ0) is 19.3. The maximum absolute atomic E-state index is 11.1. The number of nitrogens with one attached hydrogen (secondary N) is 2. The Labute approximate surface area is 161 Å². The first-order chi connectivity index (χ1) is 13.5. The van der Waals surface area contributed by atoms with E-state index in [0.717, 1.165) is 47.2 Å². The minimum atomic E-state index is -0.831. The van der Waals surface area contributed by atoms with Crippen LogP contribution in [0.1, 0.15) is 19.3 Å². The van der Waals surface area contributed by atoms with Crippen LogP contribution in [0.4, 0.5) is 16.6 Å². The highest BCUT2D eigenvalue weighted by Crippen LogP contribution is 2.55. The van der Waals surface area contributed by atoms with E-state index in [0.29, 0.717) is 13.1 Å². The fourth-order valence-electron chi connectivity index (χ4n) is 4.25. The van der Waals surface area contributed by atoms with Crippen molar-refractivity contribution in [3.63, 3.8) is 0 Å². The average Bonchev–Trinajstić information content (AvgIpc) is 3.07. The van der Waals surface area contributed by atoms with Gasteiger partial charge in [0.05, 0.1) is 11.2 Å². The molecule has 28 heavy (non-hydrogen) atoms. The van der Waals surface area contributed by atoms with Crippen molar-refractivity contribution in [2.45, 2.75) is 25.3 Å². The molecule has 3 heterocycles. The van der Waals surface area contributed by atoms with E-state index in [4.69, 9.17) is 10.8 Å². The molecule has 9 heteroatoms. The van der Waals surface area contributed by atoms with Crippen LogP contribution in [0.25, 0.3) is 22.2 Å². The van der Waals surface area contributed by atoms with E-state index < -0.39 is 6.09 Å². The molecule has 0 unspecified atom stereocenters. The first-order valence-electron chi connectivity index (χ1n) is 9.36. The van der Waals surface area contributed by atoms with E-state index >= 15 is 0 Å². The zero-order valence-corrected chi connectivity index (χ0v) is 15.2. The highest BCUT2D eigenvalue weighted by molar-refractivity contribution is 5.92. The Morgan fingerprint density at radius 2 is 2.11 bits per heavy atom. The molecule has 1 saturated heterocycles. The summed E-state index contributed by atoms with van der Waals surface area (Å²) >= 11 is 0. The number of aromatic amines is 1. The minimum Gasteiger partial charge on any atom is -0.465 e. The Kier molecular flexibility index (Phi) is 3.65. The number of aromatic nitrogens is 4. The number of H-pyrrole nitrogens is 1. The number of nitrogens with two attached hydrogens (primary N) is 1. The van der Waals surface area contributed by atoms with Gasteiger partial charge in [-0.3, -0.25) is 5.10 Å². The maximum atomic E-state index is 11.1. The van der Waals surface area contributed by atoms with Crippen LogP contribution in [-0.2, 0) is 0 Å². The van der Waals surface area contributed by atoms with Crippen molar-refractivity contribution in [3.05, 3.63) is 30.5 Å². The molecule has 5 rings (SSSR count). The number of nitrogens with zero attached hydrogens (tertiary/aromatic N) is 4. The zero-order valence-electron chi connectivity index (χ0n) is 15.2. The second-order valence-electron chi connectivity index (χ2n) is 7.65. The normalized spacial score (nSPS) is 20.4. The number of carbonyl (C=O) groups is 1. The van der Waals surface area contributed by atoms with Crippen molar-refractivity contribution in [1.82, 2.24) is 25.1 Å². The third-order valence-corrected chi connectivity index (χ3v) is 6.04. The predicted molar refractivity (Wildman–Crippen MR) is 105 cm³/mol. The lowest BCUT2D eigenvalue weighted by atomic mass is 9.93. The van der Waals surface area contributed by atoms with Gasteiger partial charge < -0.3 is 21.1 Å². The summed E-state index contributed by atoms with van der Waals surface area (Å²) in [6.45, 7) is 1.18. The number of piperidine rings is 1. The first kappa shape index (κ1) is 16.8. The van der Waals surface area contributed by atoms with Gasteiger partial charge in [0.15, 0.2) is 0 Å². The number of fused-ring (bicyclic) bond motifs is 1. The third-order valence-electron chi connectivity index (χ3n) is 6.04. The molecular formula is C19H21N7O2. The van der Waals surface area contributed by atoms with E-state index in [-0.39, 0.29) is 17.4 Å². The molecule has 1 atom stereocenters. The lowest BCUT2D eigenvalue weighted by molar-refractivity contribution is 0.120. The van der Waals surface area contributed by atoms with Crippen LogP contribution in [0.3, 0.4) is 0 Å². The molecule has 3 aromatic rings. The molecular weight excluding hydrogens is 358 g/mol. The lowest BCUT2D eigenvalue weighted by Crippen LogP contribution is -2.39. The van der Waals surface area contributed by atoms with Crippen LogP contribution in [0.2, 0.25) is 0 Å². The standard InChI is InChI=1S/C19H21N7O2/c20-17-22-14-9-11(13-3-6-21-25-13)1-2-12(14)16(24-17)23-15-10-19(15)4-7-26(8-5-19)18(27)28/h1-3,6,9,15H,4-5,7-8,10H2,(H,21,25)(H,27,28)(H3,20,22,23,24)/t15-/m0/s1. The van der Waals surface area contributed by atoms with Gasteiger partial charge in [-0.2, -0.15) is 10.1 Å². The van der Waals surface area contributed by atoms with Crippen LogP contribution >= 0.6 is 0 Å². The van der Waals surface area contributed by atoms with E-state index in [1.54, 1.807) is 6.20 Å². The molecule has 144 valence electrons. The summed E-state index contributed by atoms with van der Waals surface area (Å²) in [4.78, 5) is 21.4. The summed E-state index contributed by atoms with van der Waals surface area (Å²) in [5, 5.41) is 20.6. The number of nitrogen functional groups attached to an aromatic ring is 1. The third kappa shape index (κ3) is 2.79. The SMILES string of the molecule is Nc1nc(N[C@H]2CC23CCN(C(=O)O)CC3)c2ccc(-c3cc[nH]n3)cc2n1. The highest BCUT2D eigenvalue weighted by Gasteiger charge is 2.55. The average molecular weight is 379 g/mol. The summed E-state index contributed by atoms with van der Waals surface area (Å²) in [5.74, 6) is 0.961. The van der Waals surface area contributed by atoms with Crippen molar-refractivity contribution in [1.29, 1.82) is 0 Å². The second kappa shape index (κ2) is 6.08. The largest absolute Gasteiger partial charge is 0.465 e. The number of carboxylic acid groups (broad SMARTS) is 1. The first-order valence-corrected chi connectivity index (χ1v) is 9.36. The lowest BCUT2D eigenvalue weighted by Gasteiger charge is -2.31. The number of benzene rings is 1. The Morgan fingerprint density at radius 1 is 1.29 bits per heavy atom. The number of amides is 1. The predicted octanol–water partition coefficient (Wildman–Crippen LogP) is 2.55. The van der Waals surface area contributed by atoms with Gasteiger partial charge in [0, 0.05) is 36.3 Å². The molecule has 9 nitrogen and oxygen atoms in total. The molecule has 0 radical (unpaired) electrons. The summed E-state index contributed by atoms with van der Waals surface area (Å²) in [5.41, 5.74) is 8.69. The molecule has 0 bridgehead atoms. The van der Waals surface area contributed by atoms with E-state index in [9.17, 15) is 4.79 Å². The molecule has 5 N–H and O–H groups in total. The monoisotopic (exact) mass is 379 g/mol. The summed E-state index contributed by atoms with van der Waals surface area (Å²) < 4.78 is 0. The molecule has 1 spiro atoms. The van der Waals surface area contributed by atoms with Gasteiger partial charge in [-0.15, -0.1) is 0 Å². The van der Waals surface area contributed by atoms with E-state index in [1.165, 1.54) is 4.90 Å². The molecule has 2 fully saturated rings. The van der Waals surface area contributed by atoms with Gasteiger partial charge in [0.25, 0.3) is 0 Å². The molecule has 1 aliphatic heterocycles. The van der Waals surface area contributed by atoms with Gasteiger partial charge in [-0.1, -0.05) is 6.07 Å². The molecule has 1 aromatic carbocycles. The Morgan fingerprint density at radius 3 is 2.82 bits per heavy atom. The van der Waals surface area contributed by atoms with E-state index in [1.807, 2.05) is 24.3 Å². The molecule has 2 aliphatic rings. The molecule has 1 aliphatic carbocycles. The molecule has 1 amide bonds. The highest BCUT2D eigenvalue weighted by atomic mass is 16.4. The fraction of sp³-hybridized carbons (Fsp3) is 0.368. The molecule has 2 aromatic heterocycles. The van der Waals surface area contributed by atoms with Crippen molar-refractivity contribution in [2.24, 2.45) is 5.41 Å². The van der Waals surface area contributed by atoms with Crippen LogP contribution in [-0.4, -0.2) is 55.4 Å². The number of rotatable bonds is 3. The Hall–Kier alpha value is -3.36. The van der Waals surface area contributed by atoms with Crippen LogP contribution in [0.5, 0.6) is 0 Å². The van der Waals surface area contributed by atoms with Crippen LogP contribution < -0.4 is 11.1 Å². The smallest absolute Gasteiger partial charge is 0.407 e. The van der Waals surface area contributed by atoms with E-state index in [2.05, 4.69) is 25.5 Å². The number of hydrogen-bond acceptors (Lipinski definition) is 6. The second-order valence-corrected chi connectivity index (χ2v) is 7.65. The molecule has 1 saturated carbocycles. The Balaban J connectivity index is 1.39. The number of likely N-dealkylation sites (tertiary alicyclic amines) is 1. The van der Waals surface area contributed by atoms with Crippen molar-refractivity contribution in [2.75, 3.05) is 24.1 Å². The number of anilines is 2. The van der Waals surface area contributed by atoms with Gasteiger partial charge in [0.2, 0.25) is 5.95 Å². The van der Waals surface area contributed by atoms with Crippen molar-refractivity contribution >= 4 is 28.8 Å². The van der Waals surface area contributed by atoms with Gasteiger partial charge >= 0.3 is 6.09 Å². The quantitative estimate of drug-likeness (QED) is 0.549. The van der Waals surface area contributed by atoms with Crippen LogP contribution in [0.15, 0.2) is 30.5 Å². The number of hydrogen-bond donors (Lipinski definition) is 4. The summed E-state index contributed by atoms with van der Waals surface area (Å²) in [6, 6.07) is 8.14. The fourth-order valence-corrected chi connectivity index (χ4v) is 4.25.